The first kappa shape index (κ1) is 22.5. The fourth-order valence-corrected chi connectivity index (χ4v) is 4.71. The van der Waals surface area contributed by atoms with Crippen LogP contribution in [0, 0.1) is 12.7 Å². The second-order valence-electron chi connectivity index (χ2n) is 7.87. The van der Waals surface area contributed by atoms with Gasteiger partial charge in [-0.25, -0.2) is 12.8 Å². The molecular weight excluding hydrogens is 443 g/mol. The Bertz CT molecular complexity index is 1330. The van der Waals surface area contributed by atoms with Gasteiger partial charge in [-0.1, -0.05) is 30.3 Å². The molecule has 0 saturated carbocycles. The summed E-state index contributed by atoms with van der Waals surface area (Å²) in [6.45, 7) is 2.50. The number of hydrogen-bond acceptors (Lipinski definition) is 4. The van der Waals surface area contributed by atoms with Crippen LogP contribution in [0.4, 0.5) is 10.1 Å². The zero-order valence-corrected chi connectivity index (χ0v) is 18.8. The number of amides is 1. The molecule has 3 aromatic carbocycles. The molecule has 6 nitrogen and oxygen atoms in total. The van der Waals surface area contributed by atoms with E-state index in [1.807, 2.05) is 18.2 Å². The molecule has 0 aliphatic carbocycles. The Labute approximate surface area is 192 Å². The fourth-order valence-electron chi connectivity index (χ4n) is 3.64. The van der Waals surface area contributed by atoms with Crippen molar-refractivity contribution in [3.05, 3.63) is 95.3 Å². The third-order valence-corrected chi connectivity index (χ3v) is 6.93. The zero-order valence-electron chi connectivity index (χ0n) is 18.0. The summed E-state index contributed by atoms with van der Waals surface area (Å²) in [7, 11) is -4.00. The number of carbonyl (C=O) groups is 1. The molecule has 1 heterocycles. The van der Waals surface area contributed by atoms with E-state index in [-0.39, 0.29) is 22.2 Å². The van der Waals surface area contributed by atoms with Crippen LogP contribution in [-0.2, 0) is 10.0 Å². The number of nitrogens with zero attached hydrogens (tertiary/aromatic N) is 1. The number of phenolic OH excluding ortho intramolecular Hbond substituents is 1. The van der Waals surface area contributed by atoms with Gasteiger partial charge in [-0.15, -0.1) is 0 Å². The van der Waals surface area contributed by atoms with Crippen molar-refractivity contribution in [2.45, 2.75) is 18.2 Å². The fraction of sp³-hybridized carbons (Fsp3) is 0.160. The summed E-state index contributed by atoms with van der Waals surface area (Å²) in [4.78, 5) is 14.5. The molecule has 8 heteroatoms. The Kier molecular flexibility index (Phi) is 6.20. The first-order valence-corrected chi connectivity index (χ1v) is 11.9. The summed E-state index contributed by atoms with van der Waals surface area (Å²) < 4.78 is 41.5. The lowest BCUT2D eigenvalue weighted by molar-refractivity contribution is 0.0773. The topological polar surface area (TPSA) is 86.7 Å². The number of sulfonamides is 1. The van der Waals surface area contributed by atoms with Gasteiger partial charge < -0.3 is 10.0 Å². The van der Waals surface area contributed by atoms with Gasteiger partial charge >= 0.3 is 0 Å². The second-order valence-corrected chi connectivity index (χ2v) is 9.56. The lowest BCUT2D eigenvalue weighted by atomic mass is 9.99. The van der Waals surface area contributed by atoms with Crippen molar-refractivity contribution in [1.29, 1.82) is 0 Å². The summed E-state index contributed by atoms with van der Waals surface area (Å²) in [6, 6.07) is 16.9. The summed E-state index contributed by atoms with van der Waals surface area (Å²) >= 11 is 0. The molecule has 0 unspecified atom stereocenters. The van der Waals surface area contributed by atoms with E-state index in [1.54, 1.807) is 36.1 Å². The molecule has 0 spiro atoms. The first-order valence-electron chi connectivity index (χ1n) is 10.4. The highest BCUT2D eigenvalue weighted by Gasteiger charge is 2.21. The van der Waals surface area contributed by atoms with Crippen LogP contribution in [-0.4, -0.2) is 37.4 Å². The predicted octanol–water partition coefficient (Wildman–Crippen LogP) is 4.57. The van der Waals surface area contributed by atoms with Crippen LogP contribution in [0.3, 0.4) is 0 Å². The summed E-state index contributed by atoms with van der Waals surface area (Å²) in [5.41, 5.74) is 3.03. The standard InChI is InChI=1S/C25H23FN2O4S/c1-17-5-10-23(16-24(17)26)33(31,32)27-21-4-2-3-20(15-21)25(30)28-13-11-19(12-14-28)18-6-8-22(29)9-7-18/h2-11,15-16,27,29H,12-14H2,1H3. The first-order chi connectivity index (χ1) is 15.7. The number of phenols is 1. The molecule has 0 aromatic heterocycles. The number of hydrogen-bond donors (Lipinski definition) is 2. The monoisotopic (exact) mass is 466 g/mol. The van der Waals surface area contributed by atoms with Crippen LogP contribution in [0.25, 0.3) is 5.57 Å². The Morgan fingerprint density at radius 2 is 1.82 bits per heavy atom. The van der Waals surface area contributed by atoms with E-state index in [9.17, 15) is 22.7 Å². The maximum Gasteiger partial charge on any atom is 0.261 e. The lowest BCUT2D eigenvalue weighted by Crippen LogP contribution is -2.34. The molecule has 170 valence electrons. The predicted molar refractivity (Wildman–Crippen MR) is 125 cm³/mol. The number of benzene rings is 3. The van der Waals surface area contributed by atoms with E-state index < -0.39 is 15.8 Å². The van der Waals surface area contributed by atoms with Gasteiger partial charge in [-0.3, -0.25) is 9.52 Å². The normalized spacial score (nSPS) is 14.0. The van der Waals surface area contributed by atoms with E-state index in [4.69, 9.17) is 0 Å². The quantitative estimate of drug-likeness (QED) is 0.577. The molecule has 1 aliphatic heterocycles. The summed E-state index contributed by atoms with van der Waals surface area (Å²) in [5, 5.41) is 9.44. The van der Waals surface area contributed by atoms with Crippen molar-refractivity contribution in [1.82, 2.24) is 4.90 Å². The highest BCUT2D eigenvalue weighted by atomic mass is 32.2. The van der Waals surface area contributed by atoms with E-state index in [1.165, 1.54) is 24.3 Å². The molecule has 33 heavy (non-hydrogen) atoms. The minimum Gasteiger partial charge on any atom is -0.508 e. The SMILES string of the molecule is Cc1ccc(S(=O)(=O)Nc2cccc(C(=O)N3CC=C(c4ccc(O)cc4)CC3)c2)cc1F. The Balaban J connectivity index is 1.48. The van der Waals surface area contributed by atoms with Crippen LogP contribution >= 0.6 is 0 Å². The second kappa shape index (κ2) is 9.07. The van der Waals surface area contributed by atoms with Gasteiger partial charge in [0.15, 0.2) is 0 Å². The van der Waals surface area contributed by atoms with Crippen LogP contribution < -0.4 is 4.72 Å². The van der Waals surface area contributed by atoms with Crippen molar-refractivity contribution >= 4 is 27.2 Å². The maximum atomic E-state index is 13.8. The van der Waals surface area contributed by atoms with E-state index in [0.717, 1.165) is 17.2 Å². The average molecular weight is 467 g/mol. The number of anilines is 1. The largest absolute Gasteiger partial charge is 0.508 e. The van der Waals surface area contributed by atoms with Gasteiger partial charge in [-0.05, 0) is 72.5 Å². The minimum atomic E-state index is -4.00. The van der Waals surface area contributed by atoms with Crippen LogP contribution in [0.1, 0.15) is 27.9 Å². The molecule has 0 saturated heterocycles. The highest BCUT2D eigenvalue weighted by molar-refractivity contribution is 7.92. The Morgan fingerprint density at radius 3 is 2.48 bits per heavy atom. The lowest BCUT2D eigenvalue weighted by Gasteiger charge is -2.27. The third-order valence-electron chi connectivity index (χ3n) is 5.55. The van der Waals surface area contributed by atoms with Gasteiger partial charge in [0, 0.05) is 24.3 Å². The van der Waals surface area contributed by atoms with Crippen molar-refractivity contribution in [3.8, 4) is 5.75 Å². The van der Waals surface area contributed by atoms with Crippen molar-refractivity contribution in [2.24, 2.45) is 0 Å². The average Bonchev–Trinajstić information content (AvgIpc) is 2.81. The van der Waals surface area contributed by atoms with Crippen LogP contribution in [0.5, 0.6) is 5.75 Å². The number of halogens is 1. The number of aryl methyl sites for hydroxylation is 1. The van der Waals surface area contributed by atoms with Gasteiger partial charge in [0.25, 0.3) is 15.9 Å². The molecule has 0 bridgehead atoms. The van der Waals surface area contributed by atoms with Crippen molar-refractivity contribution in [2.75, 3.05) is 17.8 Å². The van der Waals surface area contributed by atoms with Gasteiger partial charge in [0.05, 0.1) is 4.90 Å². The summed E-state index contributed by atoms with van der Waals surface area (Å²) in [6.07, 6.45) is 2.65. The molecule has 1 aliphatic rings. The molecule has 4 rings (SSSR count). The summed E-state index contributed by atoms with van der Waals surface area (Å²) in [5.74, 6) is -0.611. The number of nitrogens with one attached hydrogen (secondary N) is 1. The molecule has 3 aromatic rings. The molecule has 2 N–H and O–H groups in total. The highest BCUT2D eigenvalue weighted by Crippen LogP contribution is 2.25. The molecular formula is C25H23FN2O4S. The van der Waals surface area contributed by atoms with Gasteiger partial charge in [-0.2, -0.15) is 0 Å². The van der Waals surface area contributed by atoms with Crippen LogP contribution in [0.2, 0.25) is 0 Å². The maximum absolute atomic E-state index is 13.8. The van der Waals surface area contributed by atoms with Crippen LogP contribution in [0.15, 0.2) is 77.7 Å². The Morgan fingerprint density at radius 1 is 1.06 bits per heavy atom. The number of aromatic hydroxyl groups is 1. The number of carbonyl (C=O) groups excluding carboxylic acids is 1. The smallest absolute Gasteiger partial charge is 0.261 e. The van der Waals surface area contributed by atoms with Crippen molar-refractivity contribution < 1.29 is 22.7 Å². The van der Waals surface area contributed by atoms with E-state index in [0.29, 0.717) is 30.6 Å². The van der Waals surface area contributed by atoms with Crippen molar-refractivity contribution in [3.63, 3.8) is 0 Å². The molecule has 0 fully saturated rings. The zero-order chi connectivity index (χ0) is 23.6. The molecule has 0 atom stereocenters. The molecule has 1 amide bonds. The Hall–Kier alpha value is -3.65. The van der Waals surface area contributed by atoms with Gasteiger partial charge in [0.1, 0.15) is 11.6 Å². The van der Waals surface area contributed by atoms with E-state index in [2.05, 4.69) is 4.72 Å². The van der Waals surface area contributed by atoms with E-state index >= 15 is 0 Å². The molecule has 0 radical (unpaired) electrons. The minimum absolute atomic E-state index is 0.190. The number of rotatable bonds is 5. The van der Waals surface area contributed by atoms with Gasteiger partial charge in [0.2, 0.25) is 0 Å². The third kappa shape index (κ3) is 5.06.